The number of fused-ring (bicyclic) bond motifs is 1. The van der Waals surface area contributed by atoms with Crippen molar-refractivity contribution in [1.29, 1.82) is 0 Å². The summed E-state index contributed by atoms with van der Waals surface area (Å²) in [5.74, 6) is 0.238. The number of ether oxygens (including phenoxy) is 2. The molecule has 3 fully saturated rings. The van der Waals surface area contributed by atoms with Crippen LogP contribution in [0.1, 0.15) is 132 Å². The minimum absolute atomic E-state index is 0.0227. The van der Waals surface area contributed by atoms with Gasteiger partial charge in [0, 0.05) is 49.5 Å². The van der Waals surface area contributed by atoms with E-state index in [-0.39, 0.29) is 48.6 Å². The number of nitrogens with one attached hydrogen (secondary N) is 3. The van der Waals surface area contributed by atoms with Gasteiger partial charge in [-0.3, -0.25) is 24.5 Å². The predicted octanol–water partition coefficient (Wildman–Crippen LogP) is 7.40. The summed E-state index contributed by atoms with van der Waals surface area (Å²) in [4.78, 5) is 40.1. The van der Waals surface area contributed by atoms with Crippen molar-refractivity contribution in [2.75, 3.05) is 6.54 Å². The molecule has 11 nitrogen and oxygen atoms in total. The van der Waals surface area contributed by atoms with E-state index in [1.165, 1.54) is 19.3 Å². The van der Waals surface area contributed by atoms with Crippen molar-refractivity contribution in [3.63, 3.8) is 0 Å². The SMILES string of the molecule is CC(C)(C)NC(=O)C1CCC2CCCCC2N1CC1CC(c2ccc(CO)cc2)OC(c2cccc(-c3cccc(CNC(=O)CCCCCC(=O)NO)c3)c2)O1. The predicted molar refractivity (Wildman–Crippen MR) is 219 cm³/mol. The number of hydrogen-bond donors (Lipinski definition) is 5. The molecule has 3 aromatic rings. The third-order valence-corrected chi connectivity index (χ3v) is 11.7. The number of benzene rings is 3. The average Bonchev–Trinajstić information content (AvgIpc) is 3.22. The smallest absolute Gasteiger partial charge is 0.243 e. The van der Waals surface area contributed by atoms with E-state index in [0.29, 0.717) is 50.7 Å². The van der Waals surface area contributed by atoms with Crippen LogP contribution in [-0.2, 0) is 37.0 Å². The molecule has 0 aromatic heterocycles. The zero-order valence-electron chi connectivity index (χ0n) is 33.9. The van der Waals surface area contributed by atoms with Gasteiger partial charge in [-0.1, -0.05) is 79.9 Å². The number of hydroxylamine groups is 1. The van der Waals surface area contributed by atoms with Crippen LogP contribution in [0.2, 0.25) is 0 Å². The Kier molecular flexibility index (Phi) is 14.9. The zero-order valence-corrected chi connectivity index (χ0v) is 33.9. The number of piperidine rings is 1. The molecule has 11 heteroatoms. The topological polar surface area (TPSA) is 149 Å². The quantitative estimate of drug-likeness (QED) is 0.0609. The number of amides is 3. The van der Waals surface area contributed by atoms with E-state index in [9.17, 15) is 19.5 Å². The lowest BCUT2D eigenvalue weighted by Crippen LogP contribution is -2.61. The van der Waals surface area contributed by atoms with Gasteiger partial charge in [0.25, 0.3) is 0 Å². The molecule has 308 valence electrons. The highest BCUT2D eigenvalue weighted by molar-refractivity contribution is 5.82. The molecule has 57 heavy (non-hydrogen) atoms. The van der Waals surface area contributed by atoms with Crippen LogP contribution in [0, 0.1) is 5.92 Å². The lowest BCUT2D eigenvalue weighted by Gasteiger charge is -2.50. The lowest BCUT2D eigenvalue weighted by molar-refractivity contribution is -0.255. The number of unbranched alkanes of at least 4 members (excludes halogenated alkanes) is 2. The summed E-state index contributed by atoms with van der Waals surface area (Å²) in [6.07, 6.45) is 8.87. The minimum Gasteiger partial charge on any atom is -0.392 e. The van der Waals surface area contributed by atoms with Crippen LogP contribution in [0.4, 0.5) is 0 Å². The van der Waals surface area contributed by atoms with Crippen molar-refractivity contribution >= 4 is 17.7 Å². The first-order valence-corrected chi connectivity index (χ1v) is 21.0. The van der Waals surface area contributed by atoms with Crippen LogP contribution in [-0.4, -0.2) is 63.2 Å². The third-order valence-electron chi connectivity index (χ3n) is 11.7. The van der Waals surface area contributed by atoms with E-state index in [2.05, 4.69) is 39.8 Å². The first-order valence-electron chi connectivity index (χ1n) is 21.0. The largest absolute Gasteiger partial charge is 0.392 e. The maximum atomic E-state index is 13.9. The van der Waals surface area contributed by atoms with E-state index in [1.54, 1.807) is 5.48 Å². The normalized spacial score (nSPS) is 23.9. The van der Waals surface area contributed by atoms with Gasteiger partial charge in [-0.25, -0.2) is 5.48 Å². The molecule has 6 atom stereocenters. The van der Waals surface area contributed by atoms with Gasteiger partial charge < -0.3 is 25.2 Å². The molecule has 1 aliphatic carbocycles. The molecule has 0 spiro atoms. The number of aliphatic hydroxyl groups excluding tert-OH is 1. The molecule has 3 aliphatic rings. The highest BCUT2D eigenvalue weighted by Gasteiger charge is 2.44. The van der Waals surface area contributed by atoms with Crippen molar-refractivity contribution < 1.29 is 34.2 Å². The molecule has 2 saturated heterocycles. The first kappa shape index (κ1) is 42.5. The van der Waals surface area contributed by atoms with Crippen LogP contribution in [0.15, 0.2) is 72.8 Å². The molecular weight excluding hydrogens is 721 g/mol. The van der Waals surface area contributed by atoms with E-state index in [0.717, 1.165) is 59.1 Å². The number of hydrogen-bond acceptors (Lipinski definition) is 8. The molecule has 2 aliphatic heterocycles. The lowest BCUT2D eigenvalue weighted by atomic mass is 9.75. The third kappa shape index (κ3) is 12.0. The number of likely N-dealkylation sites (tertiary alicyclic amines) is 1. The van der Waals surface area contributed by atoms with Crippen molar-refractivity contribution in [3.05, 3.63) is 95.1 Å². The van der Waals surface area contributed by atoms with Crippen molar-refractivity contribution in [1.82, 2.24) is 21.0 Å². The summed E-state index contributed by atoms with van der Waals surface area (Å²) < 4.78 is 13.7. The summed E-state index contributed by atoms with van der Waals surface area (Å²) in [6.45, 7) is 7.15. The highest BCUT2D eigenvalue weighted by atomic mass is 16.7. The van der Waals surface area contributed by atoms with Gasteiger partial charge in [-0.2, -0.15) is 0 Å². The summed E-state index contributed by atoms with van der Waals surface area (Å²) >= 11 is 0. The summed E-state index contributed by atoms with van der Waals surface area (Å²) in [7, 11) is 0. The summed E-state index contributed by atoms with van der Waals surface area (Å²) in [6, 6.07) is 24.5. The highest BCUT2D eigenvalue weighted by Crippen LogP contribution is 2.42. The maximum Gasteiger partial charge on any atom is 0.243 e. The summed E-state index contributed by atoms with van der Waals surface area (Å²) in [5, 5.41) is 24.7. The molecule has 2 heterocycles. The van der Waals surface area contributed by atoms with Crippen molar-refractivity contribution in [3.8, 4) is 11.1 Å². The Morgan fingerprint density at radius 1 is 0.789 bits per heavy atom. The zero-order chi connectivity index (χ0) is 40.4. The molecule has 6 unspecified atom stereocenters. The van der Waals surface area contributed by atoms with Crippen LogP contribution in [0.5, 0.6) is 0 Å². The van der Waals surface area contributed by atoms with Crippen LogP contribution >= 0.6 is 0 Å². The van der Waals surface area contributed by atoms with Crippen molar-refractivity contribution in [2.45, 2.75) is 147 Å². The van der Waals surface area contributed by atoms with E-state index >= 15 is 0 Å². The van der Waals surface area contributed by atoms with Gasteiger partial charge in [0.1, 0.15) is 0 Å². The minimum atomic E-state index is -0.638. The van der Waals surface area contributed by atoms with Gasteiger partial charge in [0.2, 0.25) is 17.7 Å². The Morgan fingerprint density at radius 3 is 2.25 bits per heavy atom. The van der Waals surface area contributed by atoms with Crippen LogP contribution in [0.3, 0.4) is 0 Å². The van der Waals surface area contributed by atoms with Gasteiger partial charge in [0.05, 0.1) is 24.9 Å². The standard InChI is InChI=1S/C46H62N4O7/c1-46(2,3)48-44(54)40-24-23-33-12-7-8-16-39(33)50(40)29-38-27-41(34-21-19-31(30-51)20-22-34)57-45(56-38)37-15-10-14-36(26-37)35-13-9-11-32(25-35)28-47-42(52)17-5-4-6-18-43(53)49-55/h9-11,13-15,19-22,25-26,33,38-41,45,51,55H,4-8,12,16-18,23-24,27-30H2,1-3H3,(H,47,52)(H,48,54)(H,49,53). The average molecular weight is 783 g/mol. The van der Waals surface area contributed by atoms with Crippen molar-refractivity contribution in [2.24, 2.45) is 5.92 Å². The van der Waals surface area contributed by atoms with Gasteiger partial charge in [0.15, 0.2) is 6.29 Å². The number of carbonyl (C=O) groups excluding carboxylic acids is 3. The Bertz CT molecular complexity index is 1790. The number of carbonyl (C=O) groups is 3. The Labute approximate surface area is 337 Å². The van der Waals surface area contributed by atoms with Crippen LogP contribution < -0.4 is 16.1 Å². The monoisotopic (exact) mass is 782 g/mol. The van der Waals surface area contributed by atoms with E-state index in [1.807, 2.05) is 69.3 Å². The second-order valence-corrected chi connectivity index (χ2v) is 17.2. The Hall–Kier alpha value is -4.13. The fraction of sp³-hybridized carbons (Fsp3) is 0.543. The van der Waals surface area contributed by atoms with Gasteiger partial charge >= 0.3 is 0 Å². The number of rotatable bonds is 15. The summed E-state index contributed by atoms with van der Waals surface area (Å²) in [5.41, 5.74) is 7.09. The van der Waals surface area contributed by atoms with Gasteiger partial charge in [-0.15, -0.1) is 0 Å². The molecule has 3 amide bonds. The fourth-order valence-corrected chi connectivity index (χ4v) is 8.81. The molecule has 5 N–H and O–H groups in total. The molecule has 3 aromatic carbocycles. The van der Waals surface area contributed by atoms with E-state index < -0.39 is 12.2 Å². The molecule has 0 bridgehead atoms. The maximum absolute atomic E-state index is 13.9. The molecule has 0 radical (unpaired) electrons. The second kappa shape index (κ2) is 20.0. The molecule has 6 rings (SSSR count). The number of aliphatic hydroxyl groups is 1. The molecular formula is C46H62N4O7. The molecule has 1 saturated carbocycles. The number of nitrogens with zero attached hydrogens (tertiary/aromatic N) is 1. The van der Waals surface area contributed by atoms with Gasteiger partial charge in [-0.05, 0) is 105 Å². The van der Waals surface area contributed by atoms with E-state index in [4.69, 9.17) is 14.7 Å². The Morgan fingerprint density at radius 2 is 1.51 bits per heavy atom. The van der Waals surface area contributed by atoms with Crippen LogP contribution in [0.25, 0.3) is 11.1 Å². The fourth-order valence-electron chi connectivity index (χ4n) is 8.81. The first-order chi connectivity index (χ1) is 27.5. The Balaban J connectivity index is 1.18. The second-order valence-electron chi connectivity index (χ2n) is 17.2.